The van der Waals surface area contributed by atoms with Crippen LogP contribution in [0.4, 0.5) is 4.79 Å². The molecule has 30 heavy (non-hydrogen) atoms. The van der Waals surface area contributed by atoms with Gasteiger partial charge in [-0.1, -0.05) is 54.6 Å². The molecule has 5 heteroatoms. The molecule has 0 aliphatic heterocycles. The third kappa shape index (κ3) is 4.36. The first-order valence-electron chi connectivity index (χ1n) is 9.99. The average molecular weight is 418 g/mol. The zero-order chi connectivity index (χ0) is 20.9. The van der Waals surface area contributed by atoms with Crippen LogP contribution in [0.5, 0.6) is 0 Å². The van der Waals surface area contributed by atoms with Gasteiger partial charge in [-0.25, -0.2) is 4.79 Å². The van der Waals surface area contributed by atoms with Crippen molar-refractivity contribution >= 4 is 29.3 Å². The van der Waals surface area contributed by atoms with Gasteiger partial charge in [-0.05, 0) is 53.8 Å². The van der Waals surface area contributed by atoms with Crippen LogP contribution in [-0.4, -0.2) is 25.0 Å². The molecule has 0 unspecified atom stereocenters. The maximum atomic E-state index is 12.1. The van der Waals surface area contributed by atoms with Crippen LogP contribution in [0.1, 0.15) is 44.9 Å². The van der Waals surface area contributed by atoms with Gasteiger partial charge in [0.1, 0.15) is 6.61 Å². The van der Waals surface area contributed by atoms with Crippen LogP contribution in [0.2, 0.25) is 0 Å². The van der Waals surface area contributed by atoms with Crippen molar-refractivity contribution in [2.45, 2.75) is 19.3 Å². The highest BCUT2D eigenvalue weighted by Crippen LogP contribution is 2.44. The van der Waals surface area contributed by atoms with E-state index in [1.165, 1.54) is 33.6 Å². The van der Waals surface area contributed by atoms with Crippen molar-refractivity contribution in [2.24, 2.45) is 0 Å². The van der Waals surface area contributed by atoms with Gasteiger partial charge in [0.2, 0.25) is 0 Å². The predicted octanol–water partition coefficient (Wildman–Crippen LogP) is 5.89. The van der Waals surface area contributed by atoms with Gasteiger partial charge < -0.3 is 10.1 Å². The second-order valence-corrected chi connectivity index (χ2v) is 8.32. The molecule has 0 radical (unpaired) electrons. The molecule has 2 aromatic carbocycles. The van der Waals surface area contributed by atoms with Gasteiger partial charge in [-0.2, -0.15) is 0 Å². The molecule has 0 bridgehead atoms. The molecule has 0 saturated carbocycles. The van der Waals surface area contributed by atoms with Gasteiger partial charge in [0.05, 0.1) is 4.88 Å². The number of carbonyl (C=O) groups excluding carboxylic acids is 2. The normalized spacial score (nSPS) is 12.6. The van der Waals surface area contributed by atoms with Crippen LogP contribution in [0.25, 0.3) is 17.2 Å². The Kier molecular flexibility index (Phi) is 6.10. The Morgan fingerprint density at radius 3 is 2.30 bits per heavy atom. The number of Topliss-reactive ketones (excluding diaryl/α,β-unsaturated/α-hetero) is 1. The third-order valence-corrected chi connectivity index (χ3v) is 6.33. The molecule has 1 N–H and O–H groups in total. The monoisotopic (exact) mass is 417 g/mol. The lowest BCUT2D eigenvalue weighted by Crippen LogP contribution is -2.26. The van der Waals surface area contributed by atoms with E-state index >= 15 is 0 Å². The van der Waals surface area contributed by atoms with E-state index in [4.69, 9.17) is 4.74 Å². The second-order valence-electron chi connectivity index (χ2n) is 7.20. The first-order valence-corrected chi connectivity index (χ1v) is 10.8. The number of carbonyl (C=O) groups is 2. The van der Waals surface area contributed by atoms with Crippen molar-refractivity contribution in [3.63, 3.8) is 0 Å². The molecule has 0 atom stereocenters. The molecule has 1 aromatic heterocycles. The van der Waals surface area contributed by atoms with E-state index < -0.39 is 6.09 Å². The highest BCUT2D eigenvalue weighted by atomic mass is 32.1. The highest BCUT2D eigenvalue weighted by Gasteiger charge is 2.28. The average Bonchev–Trinajstić information content (AvgIpc) is 3.35. The minimum Gasteiger partial charge on any atom is -0.449 e. The smallest absolute Gasteiger partial charge is 0.407 e. The predicted molar refractivity (Wildman–Crippen MR) is 121 cm³/mol. The van der Waals surface area contributed by atoms with E-state index in [0.29, 0.717) is 19.6 Å². The van der Waals surface area contributed by atoms with Crippen molar-refractivity contribution < 1.29 is 14.3 Å². The Morgan fingerprint density at radius 2 is 1.67 bits per heavy atom. The molecular formula is C25H23NO3S. The van der Waals surface area contributed by atoms with Gasteiger partial charge in [-0.3, -0.25) is 4.79 Å². The SMILES string of the molecule is CC(=O)c1ccc(C=CCCNC(=O)OCC2c3ccccc3-c3ccccc32)s1. The second kappa shape index (κ2) is 9.09. The summed E-state index contributed by atoms with van der Waals surface area (Å²) in [6.45, 7) is 2.38. The highest BCUT2D eigenvalue weighted by molar-refractivity contribution is 7.14. The van der Waals surface area contributed by atoms with Crippen molar-refractivity contribution in [3.8, 4) is 11.1 Å². The molecule has 1 aliphatic carbocycles. The van der Waals surface area contributed by atoms with E-state index in [0.717, 1.165) is 9.75 Å². The van der Waals surface area contributed by atoms with Gasteiger partial charge in [0.15, 0.2) is 5.78 Å². The van der Waals surface area contributed by atoms with E-state index in [-0.39, 0.29) is 11.7 Å². The molecule has 1 heterocycles. The van der Waals surface area contributed by atoms with Crippen molar-refractivity contribution in [1.29, 1.82) is 0 Å². The van der Waals surface area contributed by atoms with Crippen LogP contribution in [-0.2, 0) is 4.74 Å². The van der Waals surface area contributed by atoms with Gasteiger partial charge in [0, 0.05) is 17.3 Å². The lowest BCUT2D eigenvalue weighted by atomic mass is 9.98. The fourth-order valence-electron chi connectivity index (χ4n) is 3.74. The number of benzene rings is 2. The van der Waals surface area contributed by atoms with Crippen LogP contribution in [0.3, 0.4) is 0 Å². The van der Waals surface area contributed by atoms with Crippen molar-refractivity contribution in [2.75, 3.05) is 13.2 Å². The minimum absolute atomic E-state index is 0.0670. The molecular weight excluding hydrogens is 394 g/mol. The van der Waals surface area contributed by atoms with Crippen molar-refractivity contribution in [1.82, 2.24) is 5.32 Å². The number of rotatable bonds is 7. The summed E-state index contributed by atoms with van der Waals surface area (Å²) >= 11 is 1.47. The summed E-state index contributed by atoms with van der Waals surface area (Å²) in [5.74, 6) is 0.147. The summed E-state index contributed by atoms with van der Waals surface area (Å²) < 4.78 is 5.52. The standard InChI is InChI=1S/C25H23NO3S/c1-17(27)24-14-13-18(30-24)8-6-7-15-26-25(28)29-16-23-21-11-4-2-9-19(21)20-10-3-5-12-22(20)23/h2-6,8-14,23H,7,15-16H2,1H3,(H,26,28). The van der Waals surface area contributed by atoms with E-state index in [1.54, 1.807) is 6.92 Å². The number of hydrogen-bond donors (Lipinski definition) is 1. The topological polar surface area (TPSA) is 55.4 Å². The summed E-state index contributed by atoms with van der Waals surface area (Å²) in [4.78, 5) is 25.3. The minimum atomic E-state index is -0.403. The van der Waals surface area contributed by atoms with Gasteiger partial charge >= 0.3 is 6.09 Å². The lowest BCUT2D eigenvalue weighted by Gasteiger charge is -2.14. The first-order chi connectivity index (χ1) is 14.6. The third-order valence-electron chi connectivity index (χ3n) is 5.18. The Labute approximate surface area is 180 Å². The number of alkyl carbamates (subject to hydrolysis) is 1. The molecule has 4 rings (SSSR count). The number of ketones is 1. The summed E-state index contributed by atoms with van der Waals surface area (Å²) in [5.41, 5.74) is 4.84. The van der Waals surface area contributed by atoms with Crippen molar-refractivity contribution in [3.05, 3.63) is 87.6 Å². The van der Waals surface area contributed by atoms with E-state index in [2.05, 4.69) is 29.6 Å². The zero-order valence-corrected chi connectivity index (χ0v) is 17.6. The molecule has 152 valence electrons. The quantitative estimate of drug-likeness (QED) is 0.385. The number of nitrogens with one attached hydrogen (secondary N) is 1. The Bertz CT molecular complexity index is 1050. The molecule has 0 saturated heterocycles. The lowest BCUT2D eigenvalue weighted by molar-refractivity contribution is 0.102. The number of hydrogen-bond acceptors (Lipinski definition) is 4. The Hall–Kier alpha value is -3.18. The molecule has 0 fully saturated rings. The number of ether oxygens (including phenoxy) is 1. The number of thiophene rings is 1. The fraction of sp³-hybridized carbons (Fsp3) is 0.200. The molecule has 4 nitrogen and oxygen atoms in total. The first kappa shape index (κ1) is 20.1. The largest absolute Gasteiger partial charge is 0.449 e. The van der Waals surface area contributed by atoms with E-state index in [9.17, 15) is 9.59 Å². The van der Waals surface area contributed by atoms with Crippen LogP contribution >= 0.6 is 11.3 Å². The number of amides is 1. The number of fused-ring (bicyclic) bond motifs is 3. The van der Waals surface area contributed by atoms with Gasteiger partial charge in [-0.15, -0.1) is 11.3 Å². The Balaban J connectivity index is 1.26. The summed E-state index contributed by atoms with van der Waals surface area (Å²) in [5, 5.41) is 2.80. The van der Waals surface area contributed by atoms with Crippen LogP contribution in [0, 0.1) is 0 Å². The zero-order valence-electron chi connectivity index (χ0n) is 16.8. The molecule has 0 spiro atoms. The summed E-state index contributed by atoms with van der Waals surface area (Å²) in [6, 6.07) is 20.3. The molecule has 3 aromatic rings. The maximum Gasteiger partial charge on any atom is 0.407 e. The fourth-order valence-corrected chi connectivity index (χ4v) is 4.57. The van der Waals surface area contributed by atoms with Crippen LogP contribution in [0.15, 0.2) is 66.7 Å². The van der Waals surface area contributed by atoms with E-state index in [1.807, 2.05) is 48.6 Å². The Morgan fingerprint density at radius 1 is 1.00 bits per heavy atom. The molecule has 1 amide bonds. The summed E-state index contributed by atoms with van der Waals surface area (Å²) in [7, 11) is 0. The van der Waals surface area contributed by atoms with Gasteiger partial charge in [0.25, 0.3) is 0 Å². The van der Waals surface area contributed by atoms with Crippen LogP contribution < -0.4 is 5.32 Å². The molecule has 1 aliphatic rings. The maximum absolute atomic E-state index is 12.1. The summed E-state index contributed by atoms with van der Waals surface area (Å²) in [6.07, 6.45) is 4.24.